The van der Waals surface area contributed by atoms with Crippen molar-refractivity contribution in [2.45, 2.75) is 12.6 Å². The molecule has 5 nitrogen and oxygen atoms in total. The van der Waals surface area contributed by atoms with E-state index in [9.17, 15) is 14.0 Å². The van der Waals surface area contributed by atoms with Gasteiger partial charge in [-0.3, -0.25) is 14.2 Å². The molecule has 4 aromatic rings. The Hall–Kier alpha value is -3.51. The molecule has 0 aliphatic heterocycles. The van der Waals surface area contributed by atoms with Gasteiger partial charge in [-0.1, -0.05) is 54.1 Å². The Morgan fingerprint density at radius 3 is 2.47 bits per heavy atom. The minimum Gasteiger partial charge on any atom is -0.344 e. The summed E-state index contributed by atoms with van der Waals surface area (Å²) < 4.78 is 14.7. The Bertz CT molecular complexity index is 1260. The highest BCUT2D eigenvalue weighted by atomic mass is 35.5. The molecule has 0 fully saturated rings. The summed E-state index contributed by atoms with van der Waals surface area (Å²) in [5, 5.41) is 3.68. The Labute approximate surface area is 176 Å². The second kappa shape index (κ2) is 8.47. The number of amides is 1. The van der Waals surface area contributed by atoms with Crippen LogP contribution in [0, 0.1) is 5.82 Å². The Kier molecular flexibility index (Phi) is 5.59. The van der Waals surface area contributed by atoms with Crippen LogP contribution in [0.5, 0.6) is 0 Å². The molecule has 1 atom stereocenters. The molecular weight excluding hydrogens is 405 g/mol. The third-order valence-corrected chi connectivity index (χ3v) is 4.99. The minimum absolute atomic E-state index is 0.127. The molecule has 0 aliphatic carbocycles. The van der Waals surface area contributed by atoms with E-state index in [2.05, 4.69) is 10.3 Å². The molecule has 30 heavy (non-hydrogen) atoms. The number of carbonyl (C=O) groups is 1. The van der Waals surface area contributed by atoms with Crippen molar-refractivity contribution in [1.29, 1.82) is 0 Å². The number of benzene rings is 3. The molecule has 0 bridgehead atoms. The van der Waals surface area contributed by atoms with Crippen LogP contribution in [0.2, 0.25) is 5.02 Å². The van der Waals surface area contributed by atoms with Crippen LogP contribution < -0.4 is 10.9 Å². The SMILES string of the molecule is O=C(Cn1cnc2ccc(F)cc2c1=O)NC(c1ccccc1)c1ccc(Cl)cc1. The monoisotopic (exact) mass is 421 g/mol. The van der Waals surface area contributed by atoms with Crippen LogP contribution in [0.4, 0.5) is 4.39 Å². The number of halogens is 2. The lowest BCUT2D eigenvalue weighted by atomic mass is 9.98. The molecule has 1 unspecified atom stereocenters. The zero-order chi connectivity index (χ0) is 21.1. The first kappa shape index (κ1) is 19.8. The Balaban J connectivity index is 1.62. The number of nitrogens with zero attached hydrogens (tertiary/aromatic N) is 2. The van der Waals surface area contributed by atoms with Crippen molar-refractivity contribution < 1.29 is 9.18 Å². The van der Waals surface area contributed by atoms with E-state index < -0.39 is 17.4 Å². The Morgan fingerprint density at radius 1 is 1.03 bits per heavy atom. The summed E-state index contributed by atoms with van der Waals surface area (Å²) in [4.78, 5) is 29.6. The number of hydrogen-bond donors (Lipinski definition) is 1. The Morgan fingerprint density at radius 2 is 1.73 bits per heavy atom. The van der Waals surface area contributed by atoms with Crippen LogP contribution in [-0.4, -0.2) is 15.5 Å². The van der Waals surface area contributed by atoms with Crippen molar-refractivity contribution in [2.24, 2.45) is 0 Å². The average molecular weight is 422 g/mol. The molecule has 0 radical (unpaired) electrons. The fraction of sp³-hybridized carbons (Fsp3) is 0.0870. The van der Waals surface area contributed by atoms with E-state index in [1.807, 2.05) is 42.5 Å². The highest BCUT2D eigenvalue weighted by molar-refractivity contribution is 6.30. The zero-order valence-corrected chi connectivity index (χ0v) is 16.5. The predicted octanol–water partition coefficient (Wildman–Crippen LogP) is 4.09. The third-order valence-electron chi connectivity index (χ3n) is 4.74. The lowest BCUT2D eigenvalue weighted by Crippen LogP contribution is -2.35. The van der Waals surface area contributed by atoms with Gasteiger partial charge in [0.15, 0.2) is 0 Å². The van der Waals surface area contributed by atoms with Crippen LogP contribution >= 0.6 is 11.6 Å². The standard InChI is InChI=1S/C23H17ClFN3O2/c24-17-8-6-16(7-9-17)22(15-4-2-1-3-5-15)27-21(29)13-28-14-26-20-11-10-18(25)12-19(20)23(28)30/h1-12,14,22H,13H2,(H,27,29). The summed E-state index contributed by atoms with van der Waals surface area (Å²) in [6.07, 6.45) is 1.29. The van der Waals surface area contributed by atoms with Gasteiger partial charge >= 0.3 is 0 Å². The molecule has 7 heteroatoms. The van der Waals surface area contributed by atoms with Gasteiger partial charge in [-0.15, -0.1) is 0 Å². The van der Waals surface area contributed by atoms with E-state index >= 15 is 0 Å². The maximum atomic E-state index is 13.5. The molecule has 0 spiro atoms. The van der Waals surface area contributed by atoms with Gasteiger partial charge in [0.25, 0.3) is 5.56 Å². The molecule has 1 amide bonds. The first-order valence-corrected chi connectivity index (χ1v) is 9.63. The van der Waals surface area contributed by atoms with Crippen LogP contribution in [0.1, 0.15) is 17.2 Å². The lowest BCUT2D eigenvalue weighted by Gasteiger charge is -2.20. The van der Waals surface area contributed by atoms with Gasteiger partial charge in [-0.2, -0.15) is 0 Å². The fourth-order valence-electron chi connectivity index (χ4n) is 3.26. The van der Waals surface area contributed by atoms with Crippen LogP contribution in [-0.2, 0) is 11.3 Å². The van der Waals surface area contributed by atoms with Crippen molar-refractivity contribution in [3.8, 4) is 0 Å². The van der Waals surface area contributed by atoms with Gasteiger partial charge in [0, 0.05) is 5.02 Å². The quantitative estimate of drug-likeness (QED) is 0.527. The second-order valence-electron chi connectivity index (χ2n) is 6.80. The normalized spacial score (nSPS) is 11.9. The summed E-state index contributed by atoms with van der Waals surface area (Å²) in [6.45, 7) is -0.241. The van der Waals surface area contributed by atoms with Crippen LogP contribution in [0.25, 0.3) is 10.9 Å². The molecule has 1 heterocycles. The van der Waals surface area contributed by atoms with Crippen LogP contribution in [0.15, 0.2) is 83.9 Å². The third kappa shape index (κ3) is 4.23. The number of rotatable bonds is 5. The average Bonchev–Trinajstić information content (AvgIpc) is 2.76. The molecule has 0 saturated heterocycles. The molecule has 150 valence electrons. The first-order valence-electron chi connectivity index (χ1n) is 9.26. The van der Waals surface area contributed by atoms with E-state index in [4.69, 9.17) is 11.6 Å². The number of fused-ring (bicyclic) bond motifs is 1. The highest BCUT2D eigenvalue weighted by Gasteiger charge is 2.18. The second-order valence-corrected chi connectivity index (χ2v) is 7.24. The van der Waals surface area contributed by atoms with Gasteiger partial charge in [0.05, 0.1) is 23.3 Å². The van der Waals surface area contributed by atoms with E-state index in [0.717, 1.165) is 17.2 Å². The lowest BCUT2D eigenvalue weighted by molar-refractivity contribution is -0.122. The number of nitrogens with one attached hydrogen (secondary N) is 1. The van der Waals surface area contributed by atoms with Gasteiger partial charge in [-0.05, 0) is 41.5 Å². The van der Waals surface area contributed by atoms with Crippen molar-refractivity contribution in [3.63, 3.8) is 0 Å². The van der Waals surface area contributed by atoms with E-state index in [-0.39, 0.29) is 17.8 Å². The van der Waals surface area contributed by atoms with Gasteiger partial charge in [0.2, 0.25) is 5.91 Å². The van der Waals surface area contributed by atoms with Crippen LogP contribution in [0.3, 0.4) is 0 Å². The topological polar surface area (TPSA) is 64.0 Å². The predicted molar refractivity (Wildman–Crippen MR) is 114 cm³/mol. The largest absolute Gasteiger partial charge is 0.344 e. The minimum atomic E-state index is -0.532. The number of aromatic nitrogens is 2. The van der Waals surface area contributed by atoms with Crippen molar-refractivity contribution in [1.82, 2.24) is 14.9 Å². The van der Waals surface area contributed by atoms with E-state index in [0.29, 0.717) is 10.5 Å². The van der Waals surface area contributed by atoms with Crippen molar-refractivity contribution in [3.05, 3.63) is 111 Å². The zero-order valence-electron chi connectivity index (χ0n) is 15.8. The highest BCUT2D eigenvalue weighted by Crippen LogP contribution is 2.23. The molecule has 0 saturated carbocycles. The molecule has 4 rings (SSSR count). The molecular formula is C23H17ClFN3O2. The first-order chi connectivity index (χ1) is 14.5. The van der Waals surface area contributed by atoms with Gasteiger partial charge < -0.3 is 5.32 Å². The molecule has 3 aromatic carbocycles. The summed E-state index contributed by atoms with van der Waals surface area (Å²) in [5.74, 6) is -0.908. The molecule has 0 aliphatic rings. The fourth-order valence-corrected chi connectivity index (χ4v) is 3.39. The van der Waals surface area contributed by atoms with Crippen molar-refractivity contribution in [2.75, 3.05) is 0 Å². The number of hydrogen-bond acceptors (Lipinski definition) is 3. The molecule has 1 aromatic heterocycles. The summed E-state index contributed by atoms with van der Waals surface area (Å²) in [5.41, 5.74) is 1.64. The summed E-state index contributed by atoms with van der Waals surface area (Å²) in [6, 6.07) is 20.0. The number of carbonyl (C=O) groups excluding carboxylic acids is 1. The van der Waals surface area contributed by atoms with Gasteiger partial charge in [0.1, 0.15) is 12.4 Å². The van der Waals surface area contributed by atoms with E-state index in [1.165, 1.54) is 23.0 Å². The maximum Gasteiger partial charge on any atom is 0.261 e. The maximum absolute atomic E-state index is 13.5. The smallest absolute Gasteiger partial charge is 0.261 e. The van der Waals surface area contributed by atoms with Crippen molar-refractivity contribution >= 4 is 28.4 Å². The molecule has 1 N–H and O–H groups in total. The van der Waals surface area contributed by atoms with E-state index in [1.54, 1.807) is 12.1 Å². The summed E-state index contributed by atoms with van der Waals surface area (Å²) >= 11 is 5.99. The van der Waals surface area contributed by atoms with Gasteiger partial charge in [-0.25, -0.2) is 9.37 Å². The summed E-state index contributed by atoms with van der Waals surface area (Å²) in [7, 11) is 0.